The number of nitrogens with one attached hydrogen (secondary N) is 2. The minimum absolute atomic E-state index is 0. The Balaban J connectivity index is 0.00000420. The van der Waals surface area contributed by atoms with Gasteiger partial charge in [0, 0.05) is 54.0 Å². The lowest BCUT2D eigenvalue weighted by Gasteiger charge is -2.23. The van der Waals surface area contributed by atoms with Crippen LogP contribution in [0.25, 0.3) is 0 Å². The van der Waals surface area contributed by atoms with Gasteiger partial charge >= 0.3 is 6.61 Å². The van der Waals surface area contributed by atoms with Crippen LogP contribution in [0.3, 0.4) is 0 Å². The molecule has 1 aromatic carbocycles. The second kappa shape index (κ2) is 11.9. The summed E-state index contributed by atoms with van der Waals surface area (Å²) in [5, 5.41) is 6.54. The zero-order chi connectivity index (χ0) is 20.7. The normalized spacial score (nSPS) is 18.4. The third kappa shape index (κ3) is 8.23. The Morgan fingerprint density at radius 1 is 1.38 bits per heavy atom. The lowest BCUT2D eigenvalue weighted by atomic mass is 10.2. The number of alkyl halides is 2. The van der Waals surface area contributed by atoms with Crippen molar-refractivity contribution in [2.75, 3.05) is 37.3 Å². The lowest BCUT2D eigenvalue weighted by Crippen LogP contribution is -2.46. The zero-order valence-electron chi connectivity index (χ0n) is 17.3. The summed E-state index contributed by atoms with van der Waals surface area (Å²) >= 11 is 0. The molecule has 29 heavy (non-hydrogen) atoms. The molecule has 2 unspecified atom stereocenters. The van der Waals surface area contributed by atoms with Crippen LogP contribution in [0.4, 0.5) is 14.5 Å². The monoisotopic (exact) mass is 544 g/mol. The standard InChI is InChI=1S/C19H30F2N4O2S.HI/c1-19(2,3)28(26)12-10-23-18(22-4)24-14-9-11-25(13-14)15-7-5-6-8-16(15)27-17(20)21;/h5-8,14,17H,9-13H2,1-4H3,(H2,22,23,24);1H. The van der Waals surface area contributed by atoms with Crippen molar-refractivity contribution >= 4 is 46.4 Å². The summed E-state index contributed by atoms with van der Waals surface area (Å²) in [7, 11) is 0.762. The number of hydrogen-bond donors (Lipinski definition) is 2. The van der Waals surface area contributed by atoms with Gasteiger partial charge in [0.25, 0.3) is 0 Å². The second-order valence-electron chi connectivity index (χ2n) is 7.58. The van der Waals surface area contributed by atoms with E-state index in [1.54, 1.807) is 25.2 Å². The number of anilines is 1. The molecular formula is C19H31F2IN4O2S. The van der Waals surface area contributed by atoms with Crippen molar-refractivity contribution in [1.82, 2.24) is 10.6 Å². The fourth-order valence-corrected chi connectivity index (χ4v) is 3.87. The van der Waals surface area contributed by atoms with Crippen LogP contribution >= 0.6 is 24.0 Å². The van der Waals surface area contributed by atoms with Crippen molar-refractivity contribution < 1.29 is 17.7 Å². The summed E-state index contributed by atoms with van der Waals surface area (Å²) in [5.41, 5.74) is 0.663. The summed E-state index contributed by atoms with van der Waals surface area (Å²) in [6.07, 6.45) is 0.845. The van der Waals surface area contributed by atoms with Gasteiger partial charge in [0.15, 0.2) is 5.96 Å². The number of rotatable bonds is 7. The third-order valence-electron chi connectivity index (χ3n) is 4.44. The van der Waals surface area contributed by atoms with Gasteiger partial charge in [-0.2, -0.15) is 8.78 Å². The maximum Gasteiger partial charge on any atom is 0.387 e. The van der Waals surface area contributed by atoms with Crippen LogP contribution < -0.4 is 20.3 Å². The molecule has 1 heterocycles. The van der Waals surface area contributed by atoms with Gasteiger partial charge in [0.05, 0.1) is 5.69 Å². The van der Waals surface area contributed by atoms with Crippen LogP contribution in [0, 0.1) is 0 Å². The summed E-state index contributed by atoms with van der Waals surface area (Å²) < 4.78 is 41.8. The number of benzene rings is 1. The molecule has 0 aromatic heterocycles. The highest BCUT2D eigenvalue weighted by Crippen LogP contribution is 2.31. The first-order valence-electron chi connectivity index (χ1n) is 9.35. The number of hydrogen-bond acceptors (Lipinski definition) is 4. The van der Waals surface area contributed by atoms with Crippen LogP contribution in [-0.4, -0.2) is 60.0 Å². The Morgan fingerprint density at radius 2 is 2.07 bits per heavy atom. The molecule has 0 spiro atoms. The van der Waals surface area contributed by atoms with E-state index in [0.717, 1.165) is 13.0 Å². The first-order chi connectivity index (χ1) is 13.2. The van der Waals surface area contributed by atoms with Crippen LogP contribution in [-0.2, 0) is 10.8 Å². The fourth-order valence-electron chi connectivity index (χ4n) is 2.97. The van der Waals surface area contributed by atoms with Crippen molar-refractivity contribution in [2.24, 2.45) is 4.99 Å². The highest BCUT2D eigenvalue weighted by atomic mass is 127. The SMILES string of the molecule is CN=C(NCCS(=O)C(C)(C)C)NC1CCN(c2ccccc2OC(F)F)C1.I. The molecule has 1 saturated heterocycles. The average Bonchev–Trinajstić information content (AvgIpc) is 3.08. The Morgan fingerprint density at radius 3 is 2.69 bits per heavy atom. The van der Waals surface area contributed by atoms with E-state index >= 15 is 0 Å². The maximum absolute atomic E-state index is 12.6. The summed E-state index contributed by atoms with van der Waals surface area (Å²) in [4.78, 5) is 6.24. The lowest BCUT2D eigenvalue weighted by molar-refractivity contribution is -0.0495. The van der Waals surface area contributed by atoms with Gasteiger partial charge in [0.2, 0.25) is 0 Å². The zero-order valence-corrected chi connectivity index (χ0v) is 20.4. The first-order valence-corrected chi connectivity index (χ1v) is 10.7. The van der Waals surface area contributed by atoms with Crippen LogP contribution in [0.1, 0.15) is 27.2 Å². The fraction of sp³-hybridized carbons (Fsp3) is 0.632. The molecule has 1 aliphatic heterocycles. The summed E-state index contributed by atoms with van der Waals surface area (Å²) in [6.45, 7) is 4.96. The largest absolute Gasteiger partial charge is 0.433 e. The molecule has 0 bridgehead atoms. The second-order valence-corrected chi connectivity index (χ2v) is 9.91. The van der Waals surface area contributed by atoms with Crippen molar-refractivity contribution in [3.63, 3.8) is 0 Å². The van der Waals surface area contributed by atoms with Gasteiger partial charge < -0.3 is 20.3 Å². The van der Waals surface area contributed by atoms with Gasteiger partial charge in [-0.3, -0.25) is 9.20 Å². The smallest absolute Gasteiger partial charge is 0.387 e. The van der Waals surface area contributed by atoms with Gasteiger partial charge in [-0.1, -0.05) is 12.1 Å². The van der Waals surface area contributed by atoms with E-state index in [9.17, 15) is 13.0 Å². The molecular weight excluding hydrogens is 513 g/mol. The van der Waals surface area contributed by atoms with Crippen LogP contribution in [0.15, 0.2) is 29.3 Å². The van der Waals surface area contributed by atoms with Gasteiger partial charge in [-0.05, 0) is 39.3 Å². The molecule has 2 atom stereocenters. The molecule has 0 amide bonds. The average molecular weight is 544 g/mol. The van der Waals surface area contributed by atoms with E-state index in [4.69, 9.17) is 0 Å². The van der Waals surface area contributed by atoms with Crippen molar-refractivity contribution in [1.29, 1.82) is 0 Å². The molecule has 1 aromatic rings. The molecule has 1 aliphatic rings. The number of para-hydroxylation sites is 2. The van der Waals surface area contributed by atoms with E-state index in [2.05, 4.69) is 20.4 Å². The van der Waals surface area contributed by atoms with Gasteiger partial charge in [-0.15, -0.1) is 24.0 Å². The molecule has 0 aliphatic carbocycles. The van der Waals surface area contributed by atoms with Crippen LogP contribution in [0.2, 0.25) is 0 Å². The molecule has 1 fully saturated rings. The third-order valence-corrected chi connectivity index (χ3v) is 6.38. The van der Waals surface area contributed by atoms with Crippen molar-refractivity contribution in [3.05, 3.63) is 24.3 Å². The molecule has 6 nitrogen and oxygen atoms in total. The number of guanidine groups is 1. The van der Waals surface area contributed by atoms with E-state index in [-0.39, 0.29) is 40.5 Å². The molecule has 166 valence electrons. The number of halogens is 3. The van der Waals surface area contributed by atoms with Crippen molar-refractivity contribution in [2.45, 2.75) is 44.6 Å². The van der Waals surface area contributed by atoms with E-state index in [1.165, 1.54) is 0 Å². The quantitative estimate of drug-likeness (QED) is 0.314. The predicted octanol–water partition coefficient (Wildman–Crippen LogP) is 3.20. The Kier molecular flexibility index (Phi) is 10.6. The van der Waals surface area contributed by atoms with Crippen molar-refractivity contribution in [3.8, 4) is 5.75 Å². The Labute approximate surface area is 191 Å². The predicted molar refractivity (Wildman–Crippen MR) is 126 cm³/mol. The molecule has 0 saturated carbocycles. The van der Waals surface area contributed by atoms with E-state index in [1.807, 2.05) is 31.7 Å². The molecule has 10 heteroatoms. The van der Waals surface area contributed by atoms with Gasteiger partial charge in [0.1, 0.15) is 5.75 Å². The summed E-state index contributed by atoms with van der Waals surface area (Å²) in [5.74, 6) is 1.37. The molecule has 2 N–H and O–H groups in total. The Hall–Kier alpha value is -1.17. The summed E-state index contributed by atoms with van der Waals surface area (Å²) in [6, 6.07) is 6.95. The number of aliphatic imine (C=N–C) groups is 1. The minimum Gasteiger partial charge on any atom is -0.433 e. The van der Waals surface area contributed by atoms with Crippen LogP contribution in [0.5, 0.6) is 5.75 Å². The highest BCUT2D eigenvalue weighted by Gasteiger charge is 2.26. The van der Waals surface area contributed by atoms with E-state index in [0.29, 0.717) is 30.5 Å². The highest BCUT2D eigenvalue weighted by molar-refractivity contribution is 14.0. The minimum atomic E-state index is -2.85. The molecule has 2 rings (SSSR count). The topological polar surface area (TPSA) is 66.0 Å². The first kappa shape index (κ1) is 25.9. The van der Waals surface area contributed by atoms with E-state index < -0.39 is 17.4 Å². The number of ether oxygens (including phenoxy) is 1. The Bertz CT molecular complexity index is 701. The molecule has 0 radical (unpaired) electrons. The number of nitrogens with zero attached hydrogens (tertiary/aromatic N) is 2. The maximum atomic E-state index is 12.6. The van der Waals surface area contributed by atoms with Gasteiger partial charge in [-0.25, -0.2) is 0 Å².